The van der Waals surface area contributed by atoms with Gasteiger partial charge in [0.1, 0.15) is 0 Å². The number of nitriles is 1. The van der Waals surface area contributed by atoms with Crippen molar-refractivity contribution in [2.75, 3.05) is 0 Å². The number of benzene rings is 7. The molecule has 9 rings (SSSR count). The monoisotopic (exact) mass is 635 g/mol. The summed E-state index contributed by atoms with van der Waals surface area (Å²) in [5.41, 5.74) is 11.0. The van der Waals surface area contributed by atoms with E-state index < -0.39 is 0 Å². The quantitative estimate of drug-likeness (QED) is 0.177. The molecule has 0 aliphatic rings. The molecule has 0 amide bonds. The largest absolute Gasteiger partial charge is 0.318 e. The SMILES string of the molecule is [C-]#[N+]c1ccc2c(c1)c1ccccc1n2-c1c([N+]#[C-])cc(C#N)cc1-c1ccccc1-c1ccc(-n2c3ccccc3c3ccccc32)cc1. The van der Waals surface area contributed by atoms with Crippen LogP contribution in [-0.2, 0) is 0 Å². The maximum absolute atomic E-state index is 10.1. The summed E-state index contributed by atoms with van der Waals surface area (Å²) in [7, 11) is 0. The van der Waals surface area contributed by atoms with Crippen molar-refractivity contribution in [3.05, 3.63) is 180 Å². The van der Waals surface area contributed by atoms with Crippen molar-refractivity contribution in [1.82, 2.24) is 9.13 Å². The van der Waals surface area contributed by atoms with Gasteiger partial charge in [-0.1, -0.05) is 97.1 Å². The molecule has 0 unspecified atom stereocenters. The predicted molar refractivity (Wildman–Crippen MR) is 203 cm³/mol. The average Bonchev–Trinajstić information content (AvgIpc) is 3.70. The van der Waals surface area contributed by atoms with E-state index in [1.54, 1.807) is 6.07 Å². The maximum atomic E-state index is 10.1. The Hall–Kier alpha value is -7.39. The first-order valence-electron chi connectivity index (χ1n) is 16.2. The number of hydrogen-bond acceptors (Lipinski definition) is 1. The predicted octanol–water partition coefficient (Wildman–Crippen LogP) is 12.2. The molecule has 0 radical (unpaired) electrons. The van der Waals surface area contributed by atoms with Gasteiger partial charge in [-0.15, -0.1) is 0 Å². The molecule has 5 heteroatoms. The lowest BCUT2D eigenvalue weighted by molar-refractivity contribution is 1.18. The van der Waals surface area contributed by atoms with E-state index in [2.05, 4.69) is 116 Å². The van der Waals surface area contributed by atoms with Crippen molar-refractivity contribution >= 4 is 55.0 Å². The topological polar surface area (TPSA) is 42.4 Å². The van der Waals surface area contributed by atoms with Crippen LogP contribution >= 0.6 is 0 Å². The highest BCUT2D eigenvalue weighted by atomic mass is 15.0. The van der Waals surface area contributed by atoms with Gasteiger partial charge in [0.15, 0.2) is 5.69 Å². The molecule has 7 aromatic carbocycles. The molecule has 50 heavy (non-hydrogen) atoms. The first-order chi connectivity index (χ1) is 24.7. The summed E-state index contributed by atoms with van der Waals surface area (Å²) < 4.78 is 4.42. The summed E-state index contributed by atoms with van der Waals surface area (Å²) in [6.07, 6.45) is 0. The number of fused-ring (bicyclic) bond motifs is 6. The van der Waals surface area contributed by atoms with Crippen LogP contribution in [0.5, 0.6) is 0 Å². The Morgan fingerprint density at radius 1 is 0.480 bits per heavy atom. The number of nitrogens with zero attached hydrogens (tertiary/aromatic N) is 5. The van der Waals surface area contributed by atoms with Crippen LogP contribution in [0.1, 0.15) is 5.56 Å². The molecule has 0 aliphatic heterocycles. The van der Waals surface area contributed by atoms with Crippen LogP contribution in [0.15, 0.2) is 152 Å². The highest BCUT2D eigenvalue weighted by Crippen LogP contribution is 2.45. The van der Waals surface area contributed by atoms with Crippen molar-refractivity contribution in [2.45, 2.75) is 0 Å². The van der Waals surface area contributed by atoms with Gasteiger partial charge in [-0.3, -0.25) is 0 Å². The van der Waals surface area contributed by atoms with Crippen LogP contribution in [0.4, 0.5) is 11.4 Å². The molecule has 0 fully saturated rings. The van der Waals surface area contributed by atoms with Gasteiger partial charge < -0.3 is 9.13 Å². The Morgan fingerprint density at radius 3 is 1.66 bits per heavy atom. The lowest BCUT2D eigenvalue weighted by Gasteiger charge is -2.19. The molecule has 0 bridgehead atoms. The van der Waals surface area contributed by atoms with Crippen molar-refractivity contribution in [3.63, 3.8) is 0 Å². The molecule has 0 saturated carbocycles. The molecule has 2 aromatic heterocycles. The van der Waals surface area contributed by atoms with E-state index in [4.69, 9.17) is 13.1 Å². The zero-order chi connectivity index (χ0) is 33.8. The van der Waals surface area contributed by atoms with Gasteiger partial charge in [0.25, 0.3) is 0 Å². The number of hydrogen-bond donors (Lipinski definition) is 0. The lowest BCUT2D eigenvalue weighted by Crippen LogP contribution is -2.00. The minimum atomic E-state index is 0.382. The lowest BCUT2D eigenvalue weighted by atomic mass is 9.91. The minimum Gasteiger partial charge on any atom is -0.318 e. The van der Waals surface area contributed by atoms with Crippen LogP contribution in [0.2, 0.25) is 0 Å². The highest BCUT2D eigenvalue weighted by molar-refractivity contribution is 6.12. The van der Waals surface area contributed by atoms with Gasteiger partial charge in [0.05, 0.1) is 47.0 Å². The van der Waals surface area contributed by atoms with Gasteiger partial charge in [0.2, 0.25) is 5.69 Å². The maximum Gasteiger partial charge on any atom is 0.212 e. The van der Waals surface area contributed by atoms with Crippen molar-refractivity contribution in [3.8, 4) is 39.7 Å². The Labute approximate surface area is 288 Å². The summed E-state index contributed by atoms with van der Waals surface area (Å²) in [4.78, 5) is 7.67. The zero-order valence-electron chi connectivity index (χ0n) is 26.7. The first kappa shape index (κ1) is 28.8. The van der Waals surface area contributed by atoms with Crippen molar-refractivity contribution in [1.29, 1.82) is 5.26 Å². The normalized spacial score (nSPS) is 11.1. The third-order valence-corrected chi connectivity index (χ3v) is 9.58. The molecule has 9 aromatic rings. The summed E-state index contributed by atoms with van der Waals surface area (Å²) in [5, 5.41) is 14.5. The van der Waals surface area contributed by atoms with Gasteiger partial charge in [-0.05, 0) is 82.2 Å². The molecule has 0 atom stereocenters. The van der Waals surface area contributed by atoms with Gasteiger partial charge in [0, 0.05) is 27.4 Å². The van der Waals surface area contributed by atoms with Crippen LogP contribution < -0.4 is 0 Å². The minimum absolute atomic E-state index is 0.382. The summed E-state index contributed by atoms with van der Waals surface area (Å²) >= 11 is 0. The van der Waals surface area contributed by atoms with Crippen LogP contribution in [-0.4, -0.2) is 9.13 Å². The fourth-order valence-corrected chi connectivity index (χ4v) is 7.44. The molecule has 5 nitrogen and oxygen atoms in total. The van der Waals surface area contributed by atoms with E-state index >= 15 is 0 Å². The van der Waals surface area contributed by atoms with Gasteiger partial charge in [-0.2, -0.15) is 5.26 Å². The fraction of sp³-hybridized carbons (Fsp3) is 0. The van der Waals surface area contributed by atoms with Crippen LogP contribution in [0.25, 0.3) is 86.9 Å². The average molecular weight is 636 g/mol. The molecule has 0 aliphatic carbocycles. The Morgan fingerprint density at radius 2 is 1.04 bits per heavy atom. The van der Waals surface area contributed by atoms with Crippen LogP contribution in [0.3, 0.4) is 0 Å². The molecule has 0 saturated heterocycles. The number of rotatable bonds is 4. The second kappa shape index (κ2) is 11.4. The summed E-state index contributed by atoms with van der Waals surface area (Å²) in [6, 6.07) is 53.4. The highest BCUT2D eigenvalue weighted by Gasteiger charge is 2.22. The Balaban J connectivity index is 1.27. The summed E-state index contributed by atoms with van der Waals surface area (Å²) in [5.74, 6) is 0. The molecular weight excluding hydrogens is 611 g/mol. The standard InChI is InChI=1S/C45H25N5/c1-47-31-21-24-44-38(27-31)37-15-7-10-18-43(37)50(44)45-39(25-29(28-46)26-40(45)48-2)34-12-4-3-11-33(34)30-19-22-32(23-20-30)49-41-16-8-5-13-35(41)36-14-6-9-17-42(36)49/h3-27H. The second-order valence-corrected chi connectivity index (χ2v) is 12.2. The van der Waals surface area contributed by atoms with E-state index in [1.807, 2.05) is 54.6 Å². The number of aromatic nitrogens is 2. The third-order valence-electron chi connectivity index (χ3n) is 9.58. The van der Waals surface area contributed by atoms with Crippen molar-refractivity contribution < 1.29 is 0 Å². The van der Waals surface area contributed by atoms with Gasteiger partial charge >= 0.3 is 0 Å². The molecular formula is C45H25N5. The molecule has 0 N–H and O–H groups in total. The Kier molecular flexibility index (Phi) is 6.56. The zero-order valence-corrected chi connectivity index (χ0v) is 26.7. The van der Waals surface area contributed by atoms with E-state index in [0.717, 1.165) is 60.8 Å². The van der Waals surface area contributed by atoms with E-state index in [0.29, 0.717) is 22.6 Å². The van der Waals surface area contributed by atoms with E-state index in [-0.39, 0.29) is 0 Å². The second-order valence-electron chi connectivity index (χ2n) is 12.2. The van der Waals surface area contributed by atoms with E-state index in [1.165, 1.54) is 10.8 Å². The molecule has 230 valence electrons. The van der Waals surface area contributed by atoms with E-state index in [9.17, 15) is 5.26 Å². The number of para-hydroxylation sites is 3. The summed E-state index contributed by atoms with van der Waals surface area (Å²) in [6.45, 7) is 15.9. The van der Waals surface area contributed by atoms with Crippen molar-refractivity contribution in [2.24, 2.45) is 0 Å². The Bertz CT molecular complexity index is 2900. The van der Waals surface area contributed by atoms with Crippen LogP contribution in [0, 0.1) is 24.5 Å². The smallest absolute Gasteiger partial charge is 0.212 e. The fourth-order valence-electron chi connectivity index (χ4n) is 7.44. The third kappa shape index (κ3) is 4.31. The first-order valence-corrected chi connectivity index (χ1v) is 16.2. The van der Waals surface area contributed by atoms with Gasteiger partial charge in [-0.25, -0.2) is 9.69 Å². The molecule has 0 spiro atoms. The molecule has 2 heterocycles.